The molecule has 0 N–H and O–H groups in total. The van der Waals surface area contributed by atoms with Gasteiger partial charge in [0.2, 0.25) is 10.0 Å². The van der Waals surface area contributed by atoms with E-state index in [0.717, 1.165) is 24.7 Å². The van der Waals surface area contributed by atoms with Crippen LogP contribution in [0, 0.1) is 0 Å². The number of sulfonamides is 1. The van der Waals surface area contributed by atoms with Crippen molar-refractivity contribution in [2.75, 3.05) is 35.2 Å². The maximum Gasteiger partial charge on any atom is 0.338 e. The normalized spacial score (nSPS) is 21.9. The summed E-state index contributed by atoms with van der Waals surface area (Å²) < 4.78 is 54.3. The van der Waals surface area contributed by atoms with Crippen LogP contribution in [0.15, 0.2) is 18.2 Å². The van der Waals surface area contributed by atoms with Crippen molar-refractivity contribution < 1.29 is 31.2 Å². The minimum atomic E-state index is -3.43. The summed E-state index contributed by atoms with van der Waals surface area (Å²) in [7, 11) is -6.58. The number of unbranched alkanes of at least 4 members (excludes halogenated alkanes) is 1. The molecule has 0 aromatic heterocycles. The lowest BCUT2D eigenvalue weighted by Crippen LogP contribution is -2.43. The number of benzene rings is 1. The lowest BCUT2D eigenvalue weighted by molar-refractivity contribution is -0.136. The maximum atomic E-state index is 12.7. The van der Waals surface area contributed by atoms with E-state index in [-0.39, 0.29) is 29.2 Å². The number of ether oxygens (including phenoxy) is 1. The highest BCUT2D eigenvalue weighted by Crippen LogP contribution is 2.34. The largest absolute Gasteiger partial charge is 0.452 e. The van der Waals surface area contributed by atoms with Crippen molar-refractivity contribution in [3.8, 4) is 0 Å². The van der Waals surface area contributed by atoms with Gasteiger partial charge < -0.3 is 9.64 Å². The molecule has 178 valence electrons. The Balaban J connectivity index is 1.67. The third-order valence-corrected chi connectivity index (χ3v) is 8.90. The smallest absolute Gasteiger partial charge is 0.338 e. The summed E-state index contributed by atoms with van der Waals surface area (Å²) in [6.07, 6.45) is 3.60. The minimum absolute atomic E-state index is 0.0593. The molecular formula is C21H30N2O7S2. The molecule has 3 rings (SSSR count). The number of rotatable bonds is 8. The van der Waals surface area contributed by atoms with Crippen LogP contribution < -0.4 is 4.31 Å². The molecule has 0 bridgehead atoms. The van der Waals surface area contributed by atoms with E-state index in [9.17, 15) is 26.4 Å². The molecule has 1 aromatic carbocycles. The minimum Gasteiger partial charge on any atom is -0.452 e. The Labute approximate surface area is 189 Å². The zero-order valence-electron chi connectivity index (χ0n) is 18.6. The second kappa shape index (κ2) is 9.38. The van der Waals surface area contributed by atoms with Gasteiger partial charge in [0.05, 0.1) is 29.0 Å². The Morgan fingerprint density at radius 3 is 2.59 bits per heavy atom. The lowest BCUT2D eigenvalue weighted by Gasteiger charge is -2.28. The molecule has 11 heteroatoms. The van der Waals surface area contributed by atoms with Crippen LogP contribution in [0.3, 0.4) is 0 Å². The highest BCUT2D eigenvalue weighted by Gasteiger charge is 2.35. The van der Waals surface area contributed by atoms with Crippen molar-refractivity contribution in [3.05, 3.63) is 29.3 Å². The Morgan fingerprint density at radius 2 is 2.00 bits per heavy atom. The van der Waals surface area contributed by atoms with Crippen molar-refractivity contribution >= 4 is 37.4 Å². The number of carbonyl (C=O) groups is 2. The van der Waals surface area contributed by atoms with E-state index in [1.165, 1.54) is 15.3 Å². The topological polar surface area (TPSA) is 118 Å². The van der Waals surface area contributed by atoms with Gasteiger partial charge in [-0.25, -0.2) is 21.6 Å². The van der Waals surface area contributed by atoms with Crippen molar-refractivity contribution in [1.82, 2.24) is 4.90 Å². The second-order valence-electron chi connectivity index (χ2n) is 8.53. The van der Waals surface area contributed by atoms with Gasteiger partial charge >= 0.3 is 5.97 Å². The summed E-state index contributed by atoms with van der Waals surface area (Å²) in [5, 5.41) is 0. The number of nitrogens with zero attached hydrogens (tertiary/aromatic N) is 2. The van der Waals surface area contributed by atoms with Crippen molar-refractivity contribution in [1.29, 1.82) is 0 Å². The van der Waals surface area contributed by atoms with Crippen LogP contribution in [0.4, 0.5) is 5.69 Å². The zero-order chi connectivity index (χ0) is 23.7. The molecule has 2 aliphatic heterocycles. The van der Waals surface area contributed by atoms with Crippen LogP contribution in [0.2, 0.25) is 0 Å². The monoisotopic (exact) mass is 486 g/mol. The molecular weight excluding hydrogens is 456 g/mol. The maximum absolute atomic E-state index is 12.7. The molecule has 0 saturated carbocycles. The standard InChI is InChI=1S/C21H30N2O7S2/c1-4-5-9-22(18-8-10-32(28,29)14-18)20(24)13-30-21(25)16-6-7-19-17(12-16)11-15(2)23(19)31(3,26)27/h6-7,12,15,18H,4-5,8-11,13-14H2,1-3H3. The van der Waals surface area contributed by atoms with Crippen molar-refractivity contribution in [3.63, 3.8) is 0 Å². The SMILES string of the molecule is CCCCN(C(=O)COC(=O)c1ccc2c(c1)CC(C)N2S(C)(=O)=O)C1CCS(=O)(=O)C1. The Hall–Kier alpha value is -2.14. The van der Waals surface area contributed by atoms with E-state index in [2.05, 4.69) is 0 Å². The molecule has 2 unspecified atom stereocenters. The Kier molecular flexibility index (Phi) is 7.18. The molecule has 0 spiro atoms. The van der Waals surface area contributed by atoms with Crippen molar-refractivity contribution in [2.24, 2.45) is 0 Å². The summed E-state index contributed by atoms with van der Waals surface area (Å²) >= 11 is 0. The van der Waals surface area contributed by atoms with E-state index in [4.69, 9.17) is 4.74 Å². The van der Waals surface area contributed by atoms with Gasteiger partial charge in [0.1, 0.15) is 0 Å². The van der Waals surface area contributed by atoms with Crippen LogP contribution in [0.5, 0.6) is 0 Å². The quantitative estimate of drug-likeness (QED) is 0.509. The van der Waals surface area contributed by atoms with Crippen LogP contribution in [0.1, 0.15) is 49.0 Å². The number of hydrogen-bond acceptors (Lipinski definition) is 7. The number of sulfone groups is 1. The van der Waals surface area contributed by atoms with Crippen LogP contribution in [-0.4, -0.2) is 76.6 Å². The van der Waals surface area contributed by atoms with E-state index in [1.54, 1.807) is 19.1 Å². The molecule has 2 atom stereocenters. The molecule has 2 heterocycles. The van der Waals surface area contributed by atoms with Crippen LogP contribution >= 0.6 is 0 Å². The number of fused-ring (bicyclic) bond motifs is 1. The van der Waals surface area contributed by atoms with E-state index < -0.39 is 38.3 Å². The summed E-state index contributed by atoms with van der Waals surface area (Å²) in [6.45, 7) is 3.73. The van der Waals surface area contributed by atoms with E-state index >= 15 is 0 Å². The fraction of sp³-hybridized carbons (Fsp3) is 0.619. The van der Waals surface area contributed by atoms with E-state index in [1.807, 2.05) is 6.92 Å². The first-order valence-electron chi connectivity index (χ1n) is 10.7. The Morgan fingerprint density at radius 1 is 1.28 bits per heavy atom. The first kappa shape index (κ1) is 24.5. The number of hydrogen-bond donors (Lipinski definition) is 0. The zero-order valence-corrected chi connectivity index (χ0v) is 20.2. The summed E-state index contributed by atoms with van der Waals surface area (Å²) in [5.41, 5.74) is 1.51. The average Bonchev–Trinajstić information content (AvgIpc) is 3.23. The number of anilines is 1. The van der Waals surface area contributed by atoms with Crippen LogP contribution in [0.25, 0.3) is 0 Å². The summed E-state index contributed by atoms with van der Waals surface area (Å²) in [5.74, 6) is -1.09. The number of carbonyl (C=O) groups excluding carboxylic acids is 2. The van der Waals surface area contributed by atoms with E-state index in [0.29, 0.717) is 25.1 Å². The predicted molar refractivity (Wildman–Crippen MR) is 121 cm³/mol. The highest BCUT2D eigenvalue weighted by molar-refractivity contribution is 7.92. The summed E-state index contributed by atoms with van der Waals surface area (Å²) in [4.78, 5) is 26.8. The van der Waals surface area contributed by atoms with Gasteiger partial charge in [0.25, 0.3) is 5.91 Å². The van der Waals surface area contributed by atoms with Gasteiger partial charge in [-0.3, -0.25) is 9.10 Å². The molecule has 1 amide bonds. The molecule has 0 aliphatic carbocycles. The van der Waals surface area contributed by atoms with Gasteiger partial charge in [-0.05, 0) is 49.9 Å². The third-order valence-electron chi connectivity index (χ3n) is 5.87. The first-order valence-corrected chi connectivity index (χ1v) is 14.4. The average molecular weight is 487 g/mol. The molecule has 9 nitrogen and oxygen atoms in total. The van der Waals surface area contributed by atoms with Gasteiger partial charge in [-0.1, -0.05) is 13.3 Å². The molecule has 1 fully saturated rings. The van der Waals surface area contributed by atoms with Crippen molar-refractivity contribution in [2.45, 2.75) is 51.6 Å². The highest BCUT2D eigenvalue weighted by atomic mass is 32.2. The first-order chi connectivity index (χ1) is 14.9. The third kappa shape index (κ3) is 5.43. The van der Waals surface area contributed by atoms with Crippen LogP contribution in [-0.2, 0) is 35.8 Å². The fourth-order valence-corrected chi connectivity index (χ4v) is 7.38. The van der Waals surface area contributed by atoms with Gasteiger partial charge in [0.15, 0.2) is 16.4 Å². The second-order valence-corrected chi connectivity index (χ2v) is 12.6. The summed E-state index contributed by atoms with van der Waals surface area (Å²) in [6, 6.07) is 4.03. The molecule has 1 saturated heterocycles. The predicted octanol–water partition coefficient (Wildman–Crippen LogP) is 1.37. The molecule has 2 aliphatic rings. The fourth-order valence-electron chi connectivity index (χ4n) is 4.39. The number of amides is 1. The Bertz CT molecular complexity index is 1100. The van der Waals surface area contributed by atoms with Gasteiger partial charge in [0, 0.05) is 18.6 Å². The molecule has 32 heavy (non-hydrogen) atoms. The molecule has 0 radical (unpaired) electrons. The lowest BCUT2D eigenvalue weighted by atomic mass is 10.1. The van der Waals surface area contributed by atoms with Gasteiger partial charge in [-0.15, -0.1) is 0 Å². The molecule has 1 aromatic rings. The number of esters is 1. The van der Waals surface area contributed by atoms with Gasteiger partial charge in [-0.2, -0.15) is 0 Å².